The molecule has 2 aromatic heterocycles. The summed E-state index contributed by atoms with van der Waals surface area (Å²) in [5.74, 6) is -0.503. The summed E-state index contributed by atoms with van der Waals surface area (Å²) in [5, 5.41) is 6.70. The number of halogens is 1. The molecule has 3 aromatic rings. The second kappa shape index (κ2) is 8.40. The van der Waals surface area contributed by atoms with Crippen molar-refractivity contribution in [3.8, 4) is 0 Å². The van der Waals surface area contributed by atoms with Gasteiger partial charge in [0.2, 0.25) is 5.91 Å². The molecule has 1 aliphatic rings. The third-order valence-corrected chi connectivity index (χ3v) is 5.20. The quantitative estimate of drug-likeness (QED) is 0.543. The maximum absolute atomic E-state index is 13.0. The normalized spacial score (nSPS) is 18.5. The number of pyridine rings is 1. The Morgan fingerprint density at radius 1 is 1.17 bits per heavy atom. The van der Waals surface area contributed by atoms with E-state index >= 15 is 0 Å². The number of amides is 1. The first kappa shape index (κ1) is 19.1. The first-order chi connectivity index (χ1) is 14.1. The van der Waals surface area contributed by atoms with Crippen LogP contribution in [0.2, 0.25) is 0 Å². The predicted octanol–water partition coefficient (Wildman–Crippen LogP) is 3.55. The van der Waals surface area contributed by atoms with Crippen LogP contribution in [0.5, 0.6) is 0 Å². The number of carbonyl (C=O) groups is 1. The van der Waals surface area contributed by atoms with Gasteiger partial charge in [0.05, 0.1) is 17.8 Å². The number of aromatic amines is 1. The zero-order valence-corrected chi connectivity index (χ0v) is 16.3. The van der Waals surface area contributed by atoms with Gasteiger partial charge in [0.15, 0.2) is 5.11 Å². The molecule has 1 aromatic carbocycles. The summed E-state index contributed by atoms with van der Waals surface area (Å²) < 4.78 is 13.0. The van der Waals surface area contributed by atoms with Crippen LogP contribution >= 0.6 is 12.2 Å². The van der Waals surface area contributed by atoms with Gasteiger partial charge in [-0.2, -0.15) is 0 Å². The highest BCUT2D eigenvalue weighted by atomic mass is 32.1. The average Bonchev–Trinajstić information content (AvgIpc) is 3.36. The molecule has 0 spiro atoms. The fraction of sp³-hybridized carbons (Fsp3) is 0.190. The minimum atomic E-state index is -0.342. The Labute approximate surface area is 173 Å². The van der Waals surface area contributed by atoms with E-state index in [1.165, 1.54) is 24.3 Å². The second-order valence-corrected chi connectivity index (χ2v) is 7.14. The third kappa shape index (κ3) is 4.27. The molecule has 3 N–H and O–H groups in total. The Hall–Kier alpha value is -3.26. The predicted molar refractivity (Wildman–Crippen MR) is 113 cm³/mol. The lowest BCUT2D eigenvalue weighted by Crippen LogP contribution is -2.32. The summed E-state index contributed by atoms with van der Waals surface area (Å²) in [6.07, 6.45) is 3.86. The number of H-pyrrole nitrogens is 1. The van der Waals surface area contributed by atoms with Gasteiger partial charge in [-0.15, -0.1) is 0 Å². The molecule has 1 saturated heterocycles. The van der Waals surface area contributed by atoms with E-state index in [-0.39, 0.29) is 30.2 Å². The van der Waals surface area contributed by atoms with Crippen molar-refractivity contribution in [2.45, 2.75) is 18.5 Å². The molecule has 0 bridgehead atoms. The summed E-state index contributed by atoms with van der Waals surface area (Å²) in [7, 11) is 0. The lowest BCUT2D eigenvalue weighted by Gasteiger charge is -2.26. The number of nitrogens with zero attached hydrogens (tertiary/aromatic N) is 2. The van der Waals surface area contributed by atoms with Crippen LogP contribution in [0.15, 0.2) is 67.0 Å². The Morgan fingerprint density at radius 3 is 2.69 bits per heavy atom. The minimum absolute atomic E-state index is 0.106. The molecule has 0 saturated carbocycles. The summed E-state index contributed by atoms with van der Waals surface area (Å²) in [4.78, 5) is 22.1. The van der Waals surface area contributed by atoms with Gasteiger partial charge in [0.1, 0.15) is 5.82 Å². The van der Waals surface area contributed by atoms with Gasteiger partial charge < -0.3 is 20.5 Å². The van der Waals surface area contributed by atoms with Crippen LogP contribution in [-0.4, -0.2) is 32.4 Å². The van der Waals surface area contributed by atoms with Crippen molar-refractivity contribution in [2.24, 2.45) is 0 Å². The van der Waals surface area contributed by atoms with Crippen molar-refractivity contribution in [1.82, 2.24) is 20.2 Å². The number of rotatable bonds is 6. The topological polar surface area (TPSA) is 73.0 Å². The number of thiocarbonyl (C=S) groups is 1. The Bertz CT molecular complexity index is 978. The zero-order chi connectivity index (χ0) is 20.2. The number of hydrogen-bond donors (Lipinski definition) is 3. The molecule has 6 nitrogen and oxygen atoms in total. The van der Waals surface area contributed by atoms with Crippen LogP contribution in [0.4, 0.5) is 10.1 Å². The molecule has 148 valence electrons. The van der Waals surface area contributed by atoms with E-state index in [1.54, 1.807) is 6.20 Å². The highest BCUT2D eigenvalue weighted by Gasteiger charge is 2.40. The van der Waals surface area contributed by atoms with Crippen molar-refractivity contribution >= 4 is 28.9 Å². The highest BCUT2D eigenvalue weighted by molar-refractivity contribution is 7.80. The number of carbonyl (C=O) groups excluding carboxylic acids is 1. The fourth-order valence-electron chi connectivity index (χ4n) is 3.49. The summed E-state index contributed by atoms with van der Waals surface area (Å²) in [5.41, 5.74) is 2.44. The van der Waals surface area contributed by atoms with Crippen molar-refractivity contribution in [3.05, 3.63) is 84.2 Å². The van der Waals surface area contributed by atoms with Gasteiger partial charge in [0, 0.05) is 36.7 Å². The van der Waals surface area contributed by atoms with Crippen LogP contribution in [0, 0.1) is 5.82 Å². The Kier molecular flexibility index (Phi) is 5.53. The van der Waals surface area contributed by atoms with Gasteiger partial charge in [-0.1, -0.05) is 6.07 Å². The zero-order valence-electron chi connectivity index (χ0n) is 15.5. The van der Waals surface area contributed by atoms with Gasteiger partial charge in [0.25, 0.3) is 0 Å². The molecule has 0 unspecified atom stereocenters. The standard InChI is InChI=1S/C21H20FN5OS/c22-14-6-8-15(9-7-14)25-18(28)10-13-27-20(17-5-3-12-24-17)19(26-21(27)29)16-4-1-2-11-23-16/h1-9,11-12,19-20,24H,10,13H2,(H,25,28)(H,26,29)/t19-,20+/m1/s1. The molecule has 4 rings (SSSR count). The number of aromatic nitrogens is 2. The molecule has 8 heteroatoms. The maximum Gasteiger partial charge on any atom is 0.226 e. The number of anilines is 1. The maximum atomic E-state index is 13.0. The monoisotopic (exact) mass is 409 g/mol. The Morgan fingerprint density at radius 2 is 2.00 bits per heavy atom. The van der Waals surface area contributed by atoms with E-state index in [1.807, 2.05) is 41.4 Å². The molecule has 1 fully saturated rings. The average molecular weight is 409 g/mol. The van der Waals surface area contributed by atoms with E-state index < -0.39 is 0 Å². The molecule has 0 aliphatic carbocycles. The fourth-order valence-corrected chi connectivity index (χ4v) is 3.82. The molecule has 29 heavy (non-hydrogen) atoms. The number of nitrogens with one attached hydrogen (secondary N) is 3. The van der Waals surface area contributed by atoms with Crippen LogP contribution in [0.25, 0.3) is 0 Å². The number of hydrogen-bond acceptors (Lipinski definition) is 3. The first-order valence-electron chi connectivity index (χ1n) is 9.28. The van der Waals surface area contributed by atoms with Crippen LogP contribution in [-0.2, 0) is 4.79 Å². The molecule has 0 radical (unpaired) electrons. The Balaban J connectivity index is 1.48. The van der Waals surface area contributed by atoms with Crippen molar-refractivity contribution in [1.29, 1.82) is 0 Å². The van der Waals surface area contributed by atoms with Crippen molar-refractivity contribution in [2.75, 3.05) is 11.9 Å². The van der Waals surface area contributed by atoms with E-state index in [0.29, 0.717) is 17.3 Å². The lowest BCUT2D eigenvalue weighted by molar-refractivity contribution is -0.116. The highest BCUT2D eigenvalue weighted by Crippen LogP contribution is 2.37. The van der Waals surface area contributed by atoms with Gasteiger partial charge >= 0.3 is 0 Å². The first-order valence-corrected chi connectivity index (χ1v) is 9.69. The lowest BCUT2D eigenvalue weighted by atomic mass is 10.0. The molecule has 1 amide bonds. The molecular formula is C21H20FN5OS. The van der Waals surface area contributed by atoms with E-state index in [4.69, 9.17) is 12.2 Å². The molecular weight excluding hydrogens is 389 g/mol. The largest absolute Gasteiger partial charge is 0.363 e. The molecule has 2 atom stereocenters. The number of benzene rings is 1. The van der Waals surface area contributed by atoms with Crippen molar-refractivity contribution in [3.63, 3.8) is 0 Å². The van der Waals surface area contributed by atoms with Gasteiger partial charge in [-0.05, 0) is 60.7 Å². The smallest absolute Gasteiger partial charge is 0.226 e. The van der Waals surface area contributed by atoms with Crippen LogP contribution < -0.4 is 10.6 Å². The van der Waals surface area contributed by atoms with Gasteiger partial charge in [-0.25, -0.2) is 4.39 Å². The summed E-state index contributed by atoms with van der Waals surface area (Å²) in [6.45, 7) is 0.436. The summed E-state index contributed by atoms with van der Waals surface area (Å²) >= 11 is 5.56. The van der Waals surface area contributed by atoms with E-state index in [9.17, 15) is 9.18 Å². The third-order valence-electron chi connectivity index (χ3n) is 4.85. The van der Waals surface area contributed by atoms with E-state index in [2.05, 4.69) is 20.6 Å². The van der Waals surface area contributed by atoms with Crippen molar-refractivity contribution < 1.29 is 9.18 Å². The second-order valence-electron chi connectivity index (χ2n) is 6.75. The molecule has 3 heterocycles. The molecule has 1 aliphatic heterocycles. The van der Waals surface area contributed by atoms with E-state index in [0.717, 1.165) is 11.4 Å². The SMILES string of the molecule is O=C(CCN1C(=S)N[C@H](c2ccccn2)[C@@H]1c1ccc[nH]1)Nc1ccc(F)cc1. The van der Waals surface area contributed by atoms with Crippen LogP contribution in [0.3, 0.4) is 0 Å². The minimum Gasteiger partial charge on any atom is -0.363 e. The van der Waals surface area contributed by atoms with Gasteiger partial charge in [-0.3, -0.25) is 9.78 Å². The van der Waals surface area contributed by atoms with Crippen LogP contribution in [0.1, 0.15) is 29.9 Å². The summed E-state index contributed by atoms with van der Waals surface area (Å²) in [6, 6.07) is 15.2.